The van der Waals surface area contributed by atoms with E-state index in [0.717, 1.165) is 11.0 Å². The molecule has 1 aliphatic heterocycles. The summed E-state index contributed by atoms with van der Waals surface area (Å²) in [4.78, 5) is 25.0. The molecule has 154 valence electrons. The molecule has 1 unspecified atom stereocenters. The molecule has 6 nitrogen and oxygen atoms in total. The maximum atomic E-state index is 14.5. The monoisotopic (exact) mass is 421 g/mol. The second-order valence-corrected chi connectivity index (χ2v) is 8.07. The molecule has 0 fully saturated rings. The van der Waals surface area contributed by atoms with Crippen LogP contribution in [0.2, 0.25) is 5.02 Å². The molecular formula is C21H21ClFNO5. The van der Waals surface area contributed by atoms with Gasteiger partial charge in [0.05, 0.1) is 17.8 Å². The molecule has 1 aliphatic rings. The number of aldehydes is 1. The van der Waals surface area contributed by atoms with Crippen LogP contribution in [0.15, 0.2) is 36.4 Å². The number of benzene rings is 2. The van der Waals surface area contributed by atoms with E-state index in [-0.39, 0.29) is 28.6 Å². The summed E-state index contributed by atoms with van der Waals surface area (Å²) in [6.45, 7) is 6.47. The van der Waals surface area contributed by atoms with Crippen molar-refractivity contribution in [1.29, 1.82) is 0 Å². The topological polar surface area (TPSA) is 65.1 Å². The summed E-state index contributed by atoms with van der Waals surface area (Å²) in [6, 6.07) is 9.04. The third kappa shape index (κ3) is 4.29. The number of anilines is 1. The first kappa shape index (κ1) is 20.9. The van der Waals surface area contributed by atoms with Crippen LogP contribution in [0.25, 0.3) is 0 Å². The molecule has 2 aromatic carbocycles. The molecule has 8 heteroatoms. The number of carbonyl (C=O) groups is 2. The highest BCUT2D eigenvalue weighted by Crippen LogP contribution is 2.49. The summed E-state index contributed by atoms with van der Waals surface area (Å²) in [6.07, 6.45) is -0.134. The third-order valence-electron chi connectivity index (χ3n) is 4.14. The highest BCUT2D eigenvalue weighted by molar-refractivity contribution is 6.30. The number of nitrogens with zero attached hydrogens (tertiary/aromatic N) is 1. The van der Waals surface area contributed by atoms with E-state index in [1.165, 1.54) is 12.1 Å². The number of ether oxygens (including phenoxy) is 3. The average molecular weight is 422 g/mol. The summed E-state index contributed by atoms with van der Waals surface area (Å²) in [5.74, 6) is -1.56. The van der Waals surface area contributed by atoms with Gasteiger partial charge >= 0.3 is 6.09 Å². The first-order valence-corrected chi connectivity index (χ1v) is 9.32. The highest BCUT2D eigenvalue weighted by atomic mass is 35.5. The van der Waals surface area contributed by atoms with Crippen molar-refractivity contribution in [2.24, 2.45) is 0 Å². The van der Waals surface area contributed by atoms with Gasteiger partial charge < -0.3 is 19.0 Å². The Labute approximate surface area is 173 Å². The van der Waals surface area contributed by atoms with Crippen LogP contribution in [0.1, 0.15) is 33.3 Å². The second kappa shape index (κ2) is 7.55. The second-order valence-electron chi connectivity index (χ2n) is 7.64. The van der Waals surface area contributed by atoms with E-state index in [4.69, 9.17) is 25.8 Å². The largest absolute Gasteiger partial charge is 0.444 e. The molecule has 0 N–H and O–H groups in total. The highest BCUT2D eigenvalue weighted by Gasteiger charge is 2.43. The molecule has 1 amide bonds. The van der Waals surface area contributed by atoms with Crippen LogP contribution in [0, 0.1) is 5.82 Å². The Hall–Kier alpha value is -2.80. The van der Waals surface area contributed by atoms with Crippen LogP contribution in [0.4, 0.5) is 14.9 Å². The first-order valence-electron chi connectivity index (χ1n) is 8.95. The van der Waals surface area contributed by atoms with Gasteiger partial charge in [0.2, 0.25) is 0 Å². The van der Waals surface area contributed by atoms with Gasteiger partial charge in [-0.1, -0.05) is 17.7 Å². The number of amides is 1. The van der Waals surface area contributed by atoms with E-state index in [9.17, 15) is 14.0 Å². The molecular weight excluding hydrogens is 401 g/mol. The van der Waals surface area contributed by atoms with E-state index in [1.54, 1.807) is 45.9 Å². The number of rotatable bonds is 4. The quantitative estimate of drug-likeness (QED) is 0.645. The third-order valence-corrected chi connectivity index (χ3v) is 4.38. The Morgan fingerprint density at radius 1 is 1.28 bits per heavy atom. The van der Waals surface area contributed by atoms with E-state index < -0.39 is 23.3 Å². The van der Waals surface area contributed by atoms with Gasteiger partial charge in [0.1, 0.15) is 17.7 Å². The zero-order chi connectivity index (χ0) is 21.4. The molecule has 0 spiro atoms. The fraction of sp³-hybridized carbons (Fsp3) is 0.333. The van der Waals surface area contributed by atoms with E-state index in [0.29, 0.717) is 12.0 Å². The van der Waals surface area contributed by atoms with Crippen molar-refractivity contribution in [1.82, 2.24) is 0 Å². The van der Waals surface area contributed by atoms with Crippen LogP contribution in [0.3, 0.4) is 0 Å². The van der Waals surface area contributed by atoms with Crippen LogP contribution in [-0.2, 0) is 15.3 Å². The fourth-order valence-corrected chi connectivity index (χ4v) is 3.11. The molecule has 2 aromatic rings. The van der Waals surface area contributed by atoms with Crippen molar-refractivity contribution in [2.45, 2.75) is 39.1 Å². The molecule has 0 saturated carbocycles. The number of para-hydroxylation sites is 1. The standard InChI is InChI=1S/C21H21ClFNO5/c1-20(2,3)29-19(26)24(10-11-25)16-6-5-7-17-18(16)28-21(4,27-17)14-9-8-13(22)12-15(14)23/h5-9,11-12H,10H2,1-4H3. The first-order chi connectivity index (χ1) is 13.5. The van der Waals surface area contributed by atoms with Gasteiger partial charge in [-0.2, -0.15) is 0 Å². The smallest absolute Gasteiger partial charge is 0.415 e. The van der Waals surface area contributed by atoms with Crippen molar-refractivity contribution in [3.05, 3.63) is 52.8 Å². The SMILES string of the molecule is CC(C)(C)OC(=O)N(CC=O)c1cccc2c1OC(C)(c1ccc(Cl)cc1F)O2. The Bertz CT molecular complexity index is 959. The van der Waals surface area contributed by atoms with E-state index in [2.05, 4.69) is 0 Å². The lowest BCUT2D eigenvalue weighted by atomic mass is 10.1. The number of halogens is 2. The van der Waals surface area contributed by atoms with Gasteiger partial charge in [0.15, 0.2) is 11.5 Å². The summed E-state index contributed by atoms with van der Waals surface area (Å²) >= 11 is 5.83. The maximum Gasteiger partial charge on any atom is 0.415 e. The van der Waals surface area contributed by atoms with Gasteiger partial charge in [0, 0.05) is 11.9 Å². The molecule has 3 rings (SSSR count). The predicted molar refractivity (Wildman–Crippen MR) is 106 cm³/mol. The molecule has 1 heterocycles. The number of hydrogen-bond acceptors (Lipinski definition) is 5. The minimum atomic E-state index is -1.48. The molecule has 0 saturated heterocycles. The Morgan fingerprint density at radius 3 is 2.62 bits per heavy atom. The maximum absolute atomic E-state index is 14.5. The number of fused-ring (bicyclic) bond motifs is 1. The van der Waals surface area contributed by atoms with E-state index >= 15 is 0 Å². The van der Waals surface area contributed by atoms with Crippen LogP contribution < -0.4 is 14.4 Å². The van der Waals surface area contributed by atoms with Crippen LogP contribution in [-0.4, -0.2) is 24.5 Å². The van der Waals surface area contributed by atoms with Crippen molar-refractivity contribution in [3.63, 3.8) is 0 Å². The molecule has 0 bridgehead atoms. The summed E-state index contributed by atoms with van der Waals surface area (Å²) < 4.78 is 31.7. The van der Waals surface area contributed by atoms with Crippen molar-refractivity contribution >= 4 is 29.7 Å². The average Bonchev–Trinajstić information content (AvgIpc) is 2.95. The lowest BCUT2D eigenvalue weighted by Crippen LogP contribution is -2.38. The molecule has 1 atom stereocenters. The lowest BCUT2D eigenvalue weighted by Gasteiger charge is -2.27. The summed E-state index contributed by atoms with van der Waals surface area (Å²) in [7, 11) is 0. The molecule has 29 heavy (non-hydrogen) atoms. The Balaban J connectivity index is 2.00. The van der Waals surface area contributed by atoms with Gasteiger partial charge in [-0.05, 0) is 51.1 Å². The fourth-order valence-electron chi connectivity index (χ4n) is 2.96. The van der Waals surface area contributed by atoms with Gasteiger partial charge in [-0.25, -0.2) is 9.18 Å². The molecule has 0 radical (unpaired) electrons. The van der Waals surface area contributed by atoms with Gasteiger partial charge in [0.25, 0.3) is 5.79 Å². The minimum Gasteiger partial charge on any atom is -0.444 e. The van der Waals surface area contributed by atoms with Crippen LogP contribution in [0.5, 0.6) is 11.5 Å². The Morgan fingerprint density at radius 2 is 2.00 bits per heavy atom. The Kier molecular flexibility index (Phi) is 5.45. The van der Waals surface area contributed by atoms with Crippen molar-refractivity contribution in [2.75, 3.05) is 11.4 Å². The molecule has 0 aliphatic carbocycles. The summed E-state index contributed by atoms with van der Waals surface area (Å²) in [5, 5.41) is 0.244. The van der Waals surface area contributed by atoms with Crippen molar-refractivity contribution in [3.8, 4) is 11.5 Å². The normalized spacial score (nSPS) is 17.7. The zero-order valence-electron chi connectivity index (χ0n) is 16.5. The number of carbonyl (C=O) groups excluding carboxylic acids is 2. The van der Waals surface area contributed by atoms with E-state index in [1.807, 2.05) is 0 Å². The van der Waals surface area contributed by atoms with Crippen molar-refractivity contribution < 1.29 is 28.2 Å². The van der Waals surface area contributed by atoms with Gasteiger partial charge in [-0.15, -0.1) is 0 Å². The van der Waals surface area contributed by atoms with Crippen LogP contribution >= 0.6 is 11.6 Å². The zero-order valence-corrected chi connectivity index (χ0v) is 17.2. The predicted octanol–water partition coefficient (Wildman–Crippen LogP) is 5.06. The number of hydrogen-bond donors (Lipinski definition) is 0. The van der Waals surface area contributed by atoms with Gasteiger partial charge in [-0.3, -0.25) is 4.90 Å². The minimum absolute atomic E-state index is 0.142. The molecule has 0 aromatic heterocycles. The summed E-state index contributed by atoms with van der Waals surface area (Å²) in [5.41, 5.74) is -0.334. The lowest BCUT2D eigenvalue weighted by molar-refractivity contribution is -0.106.